The van der Waals surface area contributed by atoms with Crippen LogP contribution in [0, 0.1) is 0 Å². The van der Waals surface area contributed by atoms with E-state index < -0.39 is 0 Å². The summed E-state index contributed by atoms with van der Waals surface area (Å²) in [6.07, 6.45) is 1.74. The summed E-state index contributed by atoms with van der Waals surface area (Å²) in [6, 6.07) is 11.8. The van der Waals surface area contributed by atoms with E-state index >= 15 is 0 Å². The first-order valence-electron chi connectivity index (χ1n) is 5.81. The number of halogens is 1. The van der Waals surface area contributed by atoms with Crippen LogP contribution in [0.4, 0.5) is 5.82 Å². The van der Waals surface area contributed by atoms with Gasteiger partial charge in [0.1, 0.15) is 5.82 Å². The molecule has 2 aromatic rings. The van der Waals surface area contributed by atoms with Crippen molar-refractivity contribution in [1.29, 1.82) is 0 Å². The van der Waals surface area contributed by atoms with E-state index in [1.807, 2.05) is 42.3 Å². The first kappa shape index (κ1) is 12.9. The highest BCUT2D eigenvalue weighted by Gasteiger charge is 2.09. The van der Waals surface area contributed by atoms with Gasteiger partial charge in [-0.15, -0.1) is 0 Å². The maximum absolute atomic E-state index is 6.13. The van der Waals surface area contributed by atoms with Crippen LogP contribution in [0.1, 0.15) is 11.1 Å². The Kier molecular flexibility index (Phi) is 4.18. The van der Waals surface area contributed by atoms with Crippen molar-refractivity contribution in [1.82, 2.24) is 4.98 Å². The highest BCUT2D eigenvalue weighted by molar-refractivity contribution is 6.32. The third kappa shape index (κ3) is 2.81. The van der Waals surface area contributed by atoms with E-state index in [2.05, 4.69) is 11.1 Å². The Morgan fingerprint density at radius 3 is 2.56 bits per heavy atom. The van der Waals surface area contributed by atoms with Gasteiger partial charge in [0.15, 0.2) is 0 Å². The zero-order valence-electron chi connectivity index (χ0n) is 10.3. The molecule has 0 aliphatic heterocycles. The molecule has 0 saturated heterocycles. The minimum atomic E-state index is 0.542. The van der Waals surface area contributed by atoms with Crippen LogP contribution in [0.2, 0.25) is 5.02 Å². The fraction of sp³-hybridized carbons (Fsp3) is 0.214. The number of nitrogens with zero attached hydrogens (tertiary/aromatic N) is 2. The maximum Gasteiger partial charge on any atom is 0.147 e. The largest absolute Gasteiger partial charge is 0.354 e. The average Bonchev–Trinajstić information content (AvgIpc) is 2.39. The molecule has 1 aromatic carbocycles. The molecule has 0 aliphatic carbocycles. The van der Waals surface area contributed by atoms with Crippen molar-refractivity contribution in [3.8, 4) is 0 Å². The summed E-state index contributed by atoms with van der Waals surface area (Å²) >= 11 is 6.13. The van der Waals surface area contributed by atoms with Crippen molar-refractivity contribution in [3.05, 3.63) is 58.7 Å². The van der Waals surface area contributed by atoms with Crippen LogP contribution in [-0.2, 0) is 13.1 Å². The fourth-order valence-electron chi connectivity index (χ4n) is 1.90. The Hall–Kier alpha value is -1.58. The molecule has 94 valence electrons. The van der Waals surface area contributed by atoms with Gasteiger partial charge in [0, 0.05) is 26.3 Å². The van der Waals surface area contributed by atoms with Crippen molar-refractivity contribution in [2.75, 3.05) is 11.9 Å². The number of aromatic nitrogens is 1. The molecule has 0 unspecified atom stereocenters. The van der Waals surface area contributed by atoms with E-state index in [-0.39, 0.29) is 0 Å². The van der Waals surface area contributed by atoms with Crippen LogP contribution in [0.3, 0.4) is 0 Å². The molecular formula is C14H16ClN3. The third-order valence-corrected chi connectivity index (χ3v) is 3.14. The van der Waals surface area contributed by atoms with Gasteiger partial charge in [-0.2, -0.15) is 0 Å². The summed E-state index contributed by atoms with van der Waals surface area (Å²) < 4.78 is 0. The summed E-state index contributed by atoms with van der Waals surface area (Å²) in [5.41, 5.74) is 8.08. The van der Waals surface area contributed by atoms with Crippen LogP contribution < -0.4 is 10.6 Å². The second kappa shape index (κ2) is 5.85. The average molecular weight is 262 g/mol. The molecule has 0 amide bonds. The topological polar surface area (TPSA) is 42.1 Å². The lowest BCUT2D eigenvalue weighted by Crippen LogP contribution is -2.19. The van der Waals surface area contributed by atoms with Gasteiger partial charge >= 0.3 is 0 Å². The Labute approximate surface area is 112 Å². The lowest BCUT2D eigenvalue weighted by Gasteiger charge is -2.20. The summed E-state index contributed by atoms with van der Waals surface area (Å²) in [5, 5.41) is 0.658. The number of hydrogen-bond acceptors (Lipinski definition) is 3. The molecule has 0 atom stereocenters. The lowest BCUT2D eigenvalue weighted by molar-refractivity contribution is 0.876. The van der Waals surface area contributed by atoms with Gasteiger partial charge in [-0.3, -0.25) is 0 Å². The monoisotopic (exact) mass is 261 g/mol. The molecular weight excluding hydrogens is 246 g/mol. The minimum Gasteiger partial charge on any atom is -0.354 e. The molecule has 0 fully saturated rings. The molecule has 4 heteroatoms. The third-order valence-electron chi connectivity index (χ3n) is 2.85. The number of benzene rings is 1. The van der Waals surface area contributed by atoms with Gasteiger partial charge in [0.2, 0.25) is 0 Å². The van der Waals surface area contributed by atoms with E-state index in [1.165, 1.54) is 5.56 Å². The van der Waals surface area contributed by atoms with Crippen molar-refractivity contribution in [2.24, 2.45) is 5.73 Å². The summed E-state index contributed by atoms with van der Waals surface area (Å²) in [7, 11) is 1.97. The van der Waals surface area contributed by atoms with Crippen LogP contribution in [0.15, 0.2) is 42.6 Å². The molecule has 1 heterocycles. The lowest BCUT2D eigenvalue weighted by atomic mass is 10.1. The molecule has 0 radical (unpaired) electrons. The Balaban J connectivity index is 2.21. The second-order valence-electron chi connectivity index (χ2n) is 4.14. The van der Waals surface area contributed by atoms with Crippen LogP contribution in [0.5, 0.6) is 0 Å². The number of hydrogen-bond donors (Lipinski definition) is 1. The molecule has 0 bridgehead atoms. The smallest absolute Gasteiger partial charge is 0.147 e. The van der Waals surface area contributed by atoms with Gasteiger partial charge in [-0.1, -0.05) is 35.9 Å². The molecule has 0 aliphatic rings. The first-order chi connectivity index (χ1) is 8.72. The molecule has 1 aromatic heterocycles. The number of nitrogens with two attached hydrogens (primary N) is 1. The van der Waals surface area contributed by atoms with Gasteiger partial charge < -0.3 is 10.6 Å². The SMILES string of the molecule is CN(Cc1ccccc1CN)c1ncccc1Cl. The molecule has 2 N–H and O–H groups in total. The minimum absolute atomic E-state index is 0.542. The van der Waals surface area contributed by atoms with Gasteiger partial charge in [0.05, 0.1) is 5.02 Å². The highest BCUT2D eigenvalue weighted by Crippen LogP contribution is 2.23. The number of rotatable bonds is 4. The zero-order valence-corrected chi connectivity index (χ0v) is 11.1. The standard InChI is InChI=1S/C14H16ClN3/c1-18(14-13(15)7-4-8-17-14)10-12-6-3-2-5-11(12)9-16/h2-8H,9-10,16H2,1H3. The predicted molar refractivity (Wildman–Crippen MR) is 75.7 cm³/mol. The molecule has 0 spiro atoms. The summed E-state index contributed by atoms with van der Waals surface area (Å²) in [5.74, 6) is 0.783. The van der Waals surface area contributed by atoms with E-state index in [0.29, 0.717) is 11.6 Å². The van der Waals surface area contributed by atoms with E-state index in [9.17, 15) is 0 Å². The zero-order chi connectivity index (χ0) is 13.0. The number of anilines is 1. The van der Waals surface area contributed by atoms with Crippen molar-refractivity contribution < 1.29 is 0 Å². The molecule has 0 saturated carbocycles. The summed E-state index contributed by atoms with van der Waals surface area (Å²) in [6.45, 7) is 1.28. The van der Waals surface area contributed by atoms with E-state index in [0.717, 1.165) is 17.9 Å². The second-order valence-corrected chi connectivity index (χ2v) is 4.54. The first-order valence-corrected chi connectivity index (χ1v) is 6.18. The van der Waals surface area contributed by atoms with Crippen molar-refractivity contribution in [2.45, 2.75) is 13.1 Å². The molecule has 3 nitrogen and oxygen atoms in total. The normalized spacial score (nSPS) is 10.4. The van der Waals surface area contributed by atoms with Gasteiger partial charge in [-0.05, 0) is 23.3 Å². The molecule has 2 rings (SSSR count). The highest BCUT2D eigenvalue weighted by atomic mass is 35.5. The van der Waals surface area contributed by atoms with Crippen LogP contribution in [0.25, 0.3) is 0 Å². The Bertz CT molecular complexity index is 528. The maximum atomic E-state index is 6.13. The summed E-state index contributed by atoms with van der Waals surface area (Å²) in [4.78, 5) is 6.32. The molecule has 18 heavy (non-hydrogen) atoms. The van der Waals surface area contributed by atoms with E-state index in [1.54, 1.807) is 6.20 Å². The van der Waals surface area contributed by atoms with Gasteiger partial charge in [-0.25, -0.2) is 4.98 Å². The van der Waals surface area contributed by atoms with Crippen LogP contribution in [-0.4, -0.2) is 12.0 Å². The Morgan fingerprint density at radius 2 is 1.89 bits per heavy atom. The van der Waals surface area contributed by atoms with Crippen molar-refractivity contribution >= 4 is 17.4 Å². The van der Waals surface area contributed by atoms with Crippen molar-refractivity contribution in [3.63, 3.8) is 0 Å². The number of pyridine rings is 1. The predicted octanol–water partition coefficient (Wildman–Crippen LogP) is 2.83. The van der Waals surface area contributed by atoms with E-state index in [4.69, 9.17) is 17.3 Å². The Morgan fingerprint density at radius 1 is 1.17 bits per heavy atom. The van der Waals surface area contributed by atoms with Gasteiger partial charge in [0.25, 0.3) is 0 Å². The fourth-order valence-corrected chi connectivity index (χ4v) is 2.17. The van der Waals surface area contributed by atoms with Crippen LogP contribution >= 0.6 is 11.6 Å². The quantitative estimate of drug-likeness (QED) is 0.920.